The first-order valence-electron chi connectivity index (χ1n) is 11.8. The smallest absolute Gasteiger partial charge is 0.0707 e. The first-order valence-corrected chi connectivity index (χ1v) is 11.8. The van der Waals surface area contributed by atoms with Gasteiger partial charge in [-0.05, 0) is 76.2 Å². The van der Waals surface area contributed by atoms with E-state index in [4.69, 9.17) is 29.4 Å². The molecule has 0 aromatic heterocycles. The van der Waals surface area contributed by atoms with Gasteiger partial charge in [0.2, 0.25) is 0 Å². The van der Waals surface area contributed by atoms with Gasteiger partial charge in [0.25, 0.3) is 0 Å². The van der Waals surface area contributed by atoms with Gasteiger partial charge >= 0.3 is 0 Å². The van der Waals surface area contributed by atoms with E-state index in [-0.39, 0.29) is 5.60 Å². The largest absolute Gasteiger partial charge is 0.379 e. The van der Waals surface area contributed by atoms with Crippen LogP contribution in [-0.2, 0) is 23.7 Å². The van der Waals surface area contributed by atoms with E-state index in [0.29, 0.717) is 52.9 Å². The first kappa shape index (κ1) is 25.0. The van der Waals surface area contributed by atoms with E-state index in [1.54, 1.807) is 0 Å². The van der Waals surface area contributed by atoms with Gasteiger partial charge < -0.3 is 29.4 Å². The number of hydrogen-bond donors (Lipinski definition) is 1. The highest BCUT2D eigenvalue weighted by Gasteiger charge is 2.41. The van der Waals surface area contributed by atoms with E-state index >= 15 is 0 Å². The lowest BCUT2D eigenvalue weighted by atomic mass is 9.64. The summed E-state index contributed by atoms with van der Waals surface area (Å²) in [5, 5.41) is 0. The summed E-state index contributed by atoms with van der Waals surface area (Å²) in [7, 11) is 0. The fourth-order valence-electron chi connectivity index (χ4n) is 5.11. The Balaban J connectivity index is 1.33. The second-order valence-electron chi connectivity index (χ2n) is 9.20. The van der Waals surface area contributed by atoms with E-state index in [2.05, 4.69) is 13.8 Å². The topological polar surface area (TPSA) is 72.2 Å². The average Bonchev–Trinajstić information content (AvgIpc) is 2.66. The zero-order valence-corrected chi connectivity index (χ0v) is 18.9. The molecular formula is C23H45NO5. The van der Waals surface area contributed by atoms with Crippen LogP contribution < -0.4 is 5.73 Å². The molecule has 2 aliphatic carbocycles. The molecule has 2 fully saturated rings. The van der Waals surface area contributed by atoms with Crippen LogP contribution in [0.15, 0.2) is 0 Å². The van der Waals surface area contributed by atoms with Gasteiger partial charge in [0.1, 0.15) is 0 Å². The van der Waals surface area contributed by atoms with Crippen LogP contribution >= 0.6 is 0 Å². The van der Waals surface area contributed by atoms with Gasteiger partial charge in [-0.3, -0.25) is 0 Å². The van der Waals surface area contributed by atoms with Crippen molar-refractivity contribution in [1.82, 2.24) is 0 Å². The summed E-state index contributed by atoms with van der Waals surface area (Å²) in [6, 6.07) is 0. The van der Waals surface area contributed by atoms with E-state index in [1.807, 2.05) is 0 Å². The van der Waals surface area contributed by atoms with E-state index in [1.165, 1.54) is 32.1 Å². The number of rotatable bonds is 17. The molecule has 0 radical (unpaired) electrons. The van der Waals surface area contributed by atoms with Crippen molar-refractivity contribution >= 4 is 0 Å². The van der Waals surface area contributed by atoms with Crippen LogP contribution in [0.1, 0.15) is 58.8 Å². The Morgan fingerprint density at radius 3 is 1.69 bits per heavy atom. The Morgan fingerprint density at radius 2 is 1.17 bits per heavy atom. The third-order valence-corrected chi connectivity index (χ3v) is 6.12. The third-order valence-electron chi connectivity index (χ3n) is 6.12. The van der Waals surface area contributed by atoms with Gasteiger partial charge in [-0.25, -0.2) is 0 Å². The molecule has 0 heterocycles. The van der Waals surface area contributed by atoms with Gasteiger partial charge in [-0.1, -0.05) is 6.92 Å². The molecule has 29 heavy (non-hydrogen) atoms. The molecule has 0 aromatic rings. The molecule has 2 unspecified atom stereocenters. The van der Waals surface area contributed by atoms with Gasteiger partial charge in [0.15, 0.2) is 0 Å². The maximum absolute atomic E-state index is 6.25. The van der Waals surface area contributed by atoms with Crippen LogP contribution in [0.4, 0.5) is 0 Å². The average molecular weight is 416 g/mol. The lowest BCUT2D eigenvalue weighted by Gasteiger charge is -2.47. The number of hydrogen-bond acceptors (Lipinski definition) is 6. The maximum atomic E-state index is 6.25. The van der Waals surface area contributed by atoms with Crippen molar-refractivity contribution in [2.24, 2.45) is 23.5 Å². The molecule has 0 aromatic carbocycles. The maximum Gasteiger partial charge on any atom is 0.0707 e. The fraction of sp³-hybridized carbons (Fsp3) is 1.00. The van der Waals surface area contributed by atoms with Crippen molar-refractivity contribution in [3.8, 4) is 0 Å². The zero-order chi connectivity index (χ0) is 20.8. The quantitative estimate of drug-likeness (QED) is 0.367. The minimum Gasteiger partial charge on any atom is -0.379 e. The second-order valence-corrected chi connectivity index (χ2v) is 9.20. The summed E-state index contributed by atoms with van der Waals surface area (Å²) in [6.07, 6.45) is 8.66. The molecule has 2 N–H and O–H groups in total. The van der Waals surface area contributed by atoms with Crippen molar-refractivity contribution in [1.29, 1.82) is 0 Å². The molecule has 2 atom stereocenters. The molecule has 0 spiro atoms. The van der Waals surface area contributed by atoms with E-state index in [9.17, 15) is 0 Å². The third kappa shape index (κ3) is 11.1. The highest BCUT2D eigenvalue weighted by Crippen LogP contribution is 2.47. The van der Waals surface area contributed by atoms with Gasteiger partial charge in [-0.15, -0.1) is 0 Å². The Hall–Kier alpha value is -0.240. The highest BCUT2D eigenvalue weighted by molar-refractivity contribution is 4.92. The Morgan fingerprint density at radius 1 is 0.690 bits per heavy atom. The normalized spacial score (nSPS) is 29.3. The summed E-state index contributed by atoms with van der Waals surface area (Å²) in [5.41, 5.74) is 5.48. The van der Waals surface area contributed by atoms with Crippen LogP contribution in [-0.4, -0.2) is 71.6 Å². The molecule has 6 heteroatoms. The van der Waals surface area contributed by atoms with Gasteiger partial charge in [0.05, 0.1) is 58.5 Å². The number of ether oxygens (including phenoxy) is 5. The molecule has 2 aliphatic rings. The molecule has 2 rings (SSSR count). The minimum absolute atomic E-state index is 0.0546. The summed E-state index contributed by atoms with van der Waals surface area (Å²) in [4.78, 5) is 0. The van der Waals surface area contributed by atoms with Crippen molar-refractivity contribution < 1.29 is 23.7 Å². The molecule has 2 bridgehead atoms. The summed E-state index contributed by atoms with van der Waals surface area (Å²) in [6.45, 7) is 11.1. The molecule has 0 aliphatic heterocycles. The summed E-state index contributed by atoms with van der Waals surface area (Å²) in [5.74, 6) is 2.63. The standard InChI is InChI=1S/C23H45NO5/c1-20-15-21-17-22(16-20)19-23(2,18-21)29-14-13-28-12-11-27-10-9-26-8-7-25-6-4-3-5-24/h20-22H,3-19,24H2,1-2H3. The van der Waals surface area contributed by atoms with Crippen LogP contribution in [0.3, 0.4) is 0 Å². The minimum atomic E-state index is 0.0546. The molecular weight excluding hydrogens is 370 g/mol. The monoisotopic (exact) mass is 415 g/mol. The van der Waals surface area contributed by atoms with Crippen LogP contribution in [0.5, 0.6) is 0 Å². The first-order chi connectivity index (χ1) is 14.1. The van der Waals surface area contributed by atoms with Gasteiger partial charge in [0, 0.05) is 6.61 Å². The number of fused-ring (bicyclic) bond motifs is 2. The molecule has 0 amide bonds. The van der Waals surface area contributed by atoms with Crippen LogP contribution in [0.25, 0.3) is 0 Å². The highest BCUT2D eigenvalue weighted by atomic mass is 16.6. The lowest BCUT2D eigenvalue weighted by molar-refractivity contribution is -0.113. The molecule has 2 saturated carbocycles. The number of unbranched alkanes of at least 4 members (excludes halogenated alkanes) is 1. The van der Waals surface area contributed by atoms with Crippen molar-refractivity contribution in [3.05, 3.63) is 0 Å². The van der Waals surface area contributed by atoms with Crippen LogP contribution in [0.2, 0.25) is 0 Å². The van der Waals surface area contributed by atoms with Gasteiger partial charge in [-0.2, -0.15) is 0 Å². The predicted octanol–water partition coefficient (Wildman–Crippen LogP) is 3.41. The Labute approximate surface area is 178 Å². The zero-order valence-electron chi connectivity index (χ0n) is 18.9. The number of nitrogens with two attached hydrogens (primary N) is 1. The van der Waals surface area contributed by atoms with Crippen molar-refractivity contribution in [2.75, 3.05) is 66.0 Å². The SMILES string of the molecule is CC1CC2CC(C1)CC(C)(OCCOCCOCCOCCOCCCCN)C2. The van der Waals surface area contributed by atoms with E-state index in [0.717, 1.165) is 43.7 Å². The second kappa shape index (κ2) is 14.7. The van der Waals surface area contributed by atoms with Crippen molar-refractivity contribution in [3.63, 3.8) is 0 Å². The molecule has 172 valence electrons. The summed E-state index contributed by atoms with van der Waals surface area (Å²) >= 11 is 0. The van der Waals surface area contributed by atoms with E-state index < -0.39 is 0 Å². The Bertz CT molecular complexity index is 391. The van der Waals surface area contributed by atoms with Crippen molar-refractivity contribution in [2.45, 2.75) is 64.4 Å². The predicted molar refractivity (Wildman–Crippen MR) is 115 cm³/mol. The summed E-state index contributed by atoms with van der Waals surface area (Å²) < 4.78 is 28.3. The lowest BCUT2D eigenvalue weighted by Crippen LogP contribution is -2.43. The molecule has 6 nitrogen and oxygen atoms in total. The Kier molecular flexibility index (Phi) is 12.7. The molecule has 0 saturated heterocycles. The fourth-order valence-corrected chi connectivity index (χ4v) is 5.11. The van der Waals surface area contributed by atoms with Crippen LogP contribution in [0, 0.1) is 17.8 Å².